The average Bonchev–Trinajstić information content (AvgIpc) is 2.97. The number of aryl methyl sites for hydroxylation is 1. The number of nitrogens with zero attached hydrogens (tertiary/aromatic N) is 1. The number of hydrogen-bond acceptors (Lipinski definition) is 5. The van der Waals surface area contributed by atoms with Gasteiger partial charge in [0.2, 0.25) is 9.84 Å². The SMILES string of the molecule is Cc1ccc(S(=O)(=O)/C=C/On2ccc3ccc(S(C)(=O)=O)cc32)cc1. The summed E-state index contributed by atoms with van der Waals surface area (Å²) in [6.45, 7) is 1.87. The standard InChI is InChI=1S/C18H17NO5S2/c1-14-3-6-16(7-4-14)26(22,23)12-11-24-19-10-9-15-5-8-17(13-18(15)19)25(2,20)21/h3-13H,1-2H3/b12-11+. The largest absolute Gasteiger partial charge is 0.382 e. The van der Waals surface area contributed by atoms with E-state index >= 15 is 0 Å². The first kappa shape index (κ1) is 18.2. The smallest absolute Gasteiger partial charge is 0.202 e. The molecule has 3 rings (SSSR count). The van der Waals surface area contributed by atoms with Gasteiger partial charge in [0, 0.05) is 17.8 Å². The Morgan fingerprint density at radius 3 is 2.23 bits per heavy atom. The second-order valence-electron chi connectivity index (χ2n) is 5.87. The van der Waals surface area contributed by atoms with Gasteiger partial charge in [-0.3, -0.25) is 0 Å². The van der Waals surface area contributed by atoms with Crippen molar-refractivity contribution in [3.05, 3.63) is 72.0 Å². The first-order valence-corrected chi connectivity index (χ1v) is 11.1. The molecule has 0 unspecified atom stereocenters. The molecule has 0 aliphatic rings. The van der Waals surface area contributed by atoms with Crippen LogP contribution in [0.25, 0.3) is 10.9 Å². The van der Waals surface area contributed by atoms with Gasteiger partial charge in [-0.25, -0.2) is 16.8 Å². The Morgan fingerprint density at radius 2 is 1.58 bits per heavy atom. The van der Waals surface area contributed by atoms with Crippen molar-refractivity contribution >= 4 is 30.6 Å². The van der Waals surface area contributed by atoms with E-state index < -0.39 is 19.7 Å². The van der Waals surface area contributed by atoms with E-state index in [-0.39, 0.29) is 9.79 Å². The molecule has 8 heteroatoms. The van der Waals surface area contributed by atoms with Crippen LogP contribution in [0.1, 0.15) is 5.56 Å². The van der Waals surface area contributed by atoms with Crippen molar-refractivity contribution in [1.82, 2.24) is 4.73 Å². The Hall–Kier alpha value is -2.58. The zero-order valence-electron chi connectivity index (χ0n) is 14.2. The fourth-order valence-corrected chi connectivity index (χ4v) is 3.89. The van der Waals surface area contributed by atoms with Crippen LogP contribution in [0.3, 0.4) is 0 Å². The summed E-state index contributed by atoms with van der Waals surface area (Å²) in [4.78, 5) is 5.69. The molecule has 0 bridgehead atoms. The first-order valence-electron chi connectivity index (χ1n) is 7.63. The molecule has 2 aromatic carbocycles. The van der Waals surface area contributed by atoms with E-state index in [1.54, 1.807) is 30.5 Å². The van der Waals surface area contributed by atoms with Crippen molar-refractivity contribution in [3.63, 3.8) is 0 Å². The minimum Gasteiger partial charge on any atom is -0.382 e. The molecule has 0 aliphatic heterocycles. The third-order valence-electron chi connectivity index (χ3n) is 3.82. The molecular formula is C18H17NO5S2. The van der Waals surface area contributed by atoms with E-state index in [1.165, 1.54) is 29.0 Å². The van der Waals surface area contributed by atoms with Crippen molar-refractivity contribution in [3.8, 4) is 0 Å². The molecule has 0 atom stereocenters. The molecule has 0 saturated heterocycles. The molecule has 1 heterocycles. The lowest BCUT2D eigenvalue weighted by molar-refractivity contribution is 0.226. The monoisotopic (exact) mass is 391 g/mol. The molecule has 0 N–H and O–H groups in total. The van der Waals surface area contributed by atoms with Gasteiger partial charge in [0.15, 0.2) is 9.84 Å². The van der Waals surface area contributed by atoms with Crippen LogP contribution in [0, 0.1) is 6.92 Å². The number of sulfone groups is 2. The quantitative estimate of drug-likeness (QED) is 0.625. The molecule has 0 spiro atoms. The average molecular weight is 391 g/mol. The van der Waals surface area contributed by atoms with Gasteiger partial charge in [-0.15, -0.1) is 0 Å². The molecule has 0 aliphatic carbocycles. The van der Waals surface area contributed by atoms with Crippen molar-refractivity contribution < 1.29 is 21.7 Å². The normalized spacial score (nSPS) is 12.7. The van der Waals surface area contributed by atoms with E-state index in [0.717, 1.165) is 28.9 Å². The molecule has 1 aromatic heterocycles. The van der Waals surface area contributed by atoms with E-state index in [2.05, 4.69) is 0 Å². The van der Waals surface area contributed by atoms with Gasteiger partial charge < -0.3 is 4.84 Å². The molecule has 26 heavy (non-hydrogen) atoms. The molecule has 3 aromatic rings. The van der Waals surface area contributed by atoms with E-state index in [9.17, 15) is 16.8 Å². The first-order chi connectivity index (χ1) is 12.2. The van der Waals surface area contributed by atoms with Crippen LogP contribution in [0.4, 0.5) is 0 Å². The van der Waals surface area contributed by atoms with E-state index in [0.29, 0.717) is 5.52 Å². The van der Waals surface area contributed by atoms with Crippen LogP contribution in [-0.4, -0.2) is 27.8 Å². The zero-order chi connectivity index (χ0) is 18.9. The molecule has 0 fully saturated rings. The van der Waals surface area contributed by atoms with Crippen LogP contribution in [0.15, 0.2) is 76.2 Å². The number of hydrogen-bond donors (Lipinski definition) is 0. The highest BCUT2D eigenvalue weighted by molar-refractivity contribution is 7.94. The molecule has 0 amide bonds. The summed E-state index contributed by atoms with van der Waals surface area (Å²) in [5.74, 6) is 0. The lowest BCUT2D eigenvalue weighted by atomic mass is 10.2. The van der Waals surface area contributed by atoms with Gasteiger partial charge in [0.1, 0.15) is 6.26 Å². The summed E-state index contributed by atoms with van der Waals surface area (Å²) < 4.78 is 49.2. The zero-order valence-corrected chi connectivity index (χ0v) is 15.8. The maximum atomic E-state index is 12.3. The van der Waals surface area contributed by atoms with Crippen LogP contribution in [-0.2, 0) is 19.7 Å². The highest BCUT2D eigenvalue weighted by atomic mass is 32.2. The maximum absolute atomic E-state index is 12.3. The number of benzene rings is 2. The van der Waals surface area contributed by atoms with Crippen LogP contribution in [0.5, 0.6) is 0 Å². The van der Waals surface area contributed by atoms with Crippen molar-refractivity contribution in [1.29, 1.82) is 0 Å². The topological polar surface area (TPSA) is 82.4 Å². The third kappa shape index (κ3) is 3.81. The fourth-order valence-electron chi connectivity index (χ4n) is 2.38. The highest BCUT2D eigenvalue weighted by Crippen LogP contribution is 2.20. The van der Waals surface area contributed by atoms with Gasteiger partial charge in [0.05, 0.1) is 20.7 Å². The Balaban J connectivity index is 1.87. The van der Waals surface area contributed by atoms with Crippen molar-refractivity contribution in [2.45, 2.75) is 16.7 Å². The summed E-state index contributed by atoms with van der Waals surface area (Å²) in [6, 6.07) is 12.9. The molecule has 0 saturated carbocycles. The van der Waals surface area contributed by atoms with Crippen LogP contribution >= 0.6 is 0 Å². The number of aromatic nitrogens is 1. The third-order valence-corrected chi connectivity index (χ3v) is 6.32. The minimum absolute atomic E-state index is 0.157. The minimum atomic E-state index is -3.63. The fraction of sp³-hybridized carbons (Fsp3) is 0.111. The van der Waals surface area contributed by atoms with Gasteiger partial charge in [-0.05, 0) is 37.3 Å². The molecule has 0 radical (unpaired) electrons. The molecular weight excluding hydrogens is 374 g/mol. The maximum Gasteiger partial charge on any atom is 0.202 e. The number of rotatable bonds is 5. The Bertz CT molecular complexity index is 1190. The summed E-state index contributed by atoms with van der Waals surface area (Å²) in [7, 11) is -6.98. The van der Waals surface area contributed by atoms with Gasteiger partial charge in [-0.1, -0.05) is 23.8 Å². The van der Waals surface area contributed by atoms with Crippen molar-refractivity contribution in [2.24, 2.45) is 0 Å². The molecule has 136 valence electrons. The second kappa shape index (κ2) is 6.62. The predicted octanol–water partition coefficient (Wildman–Crippen LogP) is 2.73. The predicted molar refractivity (Wildman–Crippen MR) is 99.1 cm³/mol. The second-order valence-corrected chi connectivity index (χ2v) is 9.72. The van der Waals surface area contributed by atoms with Crippen LogP contribution < -0.4 is 4.84 Å². The Kier molecular flexibility index (Phi) is 4.64. The highest BCUT2D eigenvalue weighted by Gasteiger charge is 2.12. The van der Waals surface area contributed by atoms with Crippen molar-refractivity contribution in [2.75, 3.05) is 6.26 Å². The summed E-state index contributed by atoms with van der Waals surface area (Å²) in [5, 5.41) is 1.73. The lowest BCUT2D eigenvalue weighted by Gasteiger charge is -2.05. The Labute approximate surface area is 152 Å². The summed E-state index contributed by atoms with van der Waals surface area (Å²) in [6.07, 6.45) is 3.76. The van der Waals surface area contributed by atoms with Gasteiger partial charge >= 0.3 is 0 Å². The van der Waals surface area contributed by atoms with E-state index in [4.69, 9.17) is 4.84 Å². The summed E-state index contributed by atoms with van der Waals surface area (Å²) in [5.41, 5.74) is 1.48. The number of fused-ring (bicyclic) bond motifs is 1. The van der Waals surface area contributed by atoms with Crippen LogP contribution in [0.2, 0.25) is 0 Å². The van der Waals surface area contributed by atoms with E-state index in [1.807, 2.05) is 6.92 Å². The lowest BCUT2D eigenvalue weighted by Crippen LogP contribution is -2.05. The summed E-state index contributed by atoms with van der Waals surface area (Å²) >= 11 is 0. The van der Waals surface area contributed by atoms with Gasteiger partial charge in [-0.2, -0.15) is 4.73 Å². The Morgan fingerprint density at radius 1 is 0.923 bits per heavy atom. The molecule has 6 nitrogen and oxygen atoms in total. The van der Waals surface area contributed by atoms with Gasteiger partial charge in [0.25, 0.3) is 0 Å².